The summed E-state index contributed by atoms with van der Waals surface area (Å²) in [7, 11) is 3.22. The van der Waals surface area contributed by atoms with Crippen LogP contribution in [0.1, 0.15) is 5.56 Å². The zero-order chi connectivity index (χ0) is 20.2. The van der Waals surface area contributed by atoms with E-state index in [2.05, 4.69) is 31.7 Å². The average Bonchev–Trinajstić information content (AvgIpc) is 2.75. The molecule has 2 aromatic heterocycles. The molecule has 2 heterocycles. The first kappa shape index (κ1) is 18.5. The zero-order valence-electron chi connectivity index (χ0n) is 16.4. The molecule has 29 heavy (non-hydrogen) atoms. The predicted octanol–water partition coefficient (Wildman–Crippen LogP) is 4.84. The van der Waals surface area contributed by atoms with E-state index in [1.807, 2.05) is 49.5 Å². The summed E-state index contributed by atoms with van der Waals surface area (Å²) in [6, 6.07) is 15.6. The highest BCUT2D eigenvalue weighted by molar-refractivity contribution is 5.84. The van der Waals surface area contributed by atoms with Crippen molar-refractivity contribution in [2.45, 2.75) is 6.92 Å². The van der Waals surface area contributed by atoms with Crippen molar-refractivity contribution in [1.29, 1.82) is 0 Å². The molecule has 0 aliphatic carbocycles. The van der Waals surface area contributed by atoms with E-state index in [9.17, 15) is 0 Å². The smallest absolute Gasteiger partial charge is 0.229 e. The van der Waals surface area contributed by atoms with Crippen molar-refractivity contribution >= 4 is 34.0 Å². The van der Waals surface area contributed by atoms with Gasteiger partial charge >= 0.3 is 0 Å². The minimum Gasteiger partial charge on any atom is -0.493 e. The summed E-state index contributed by atoms with van der Waals surface area (Å²) in [6.07, 6.45) is 3.53. The lowest BCUT2D eigenvalue weighted by Crippen LogP contribution is -2.03. The lowest BCUT2D eigenvalue weighted by atomic mass is 10.1. The Hall–Kier alpha value is -3.87. The van der Waals surface area contributed by atoms with Crippen molar-refractivity contribution in [3.8, 4) is 11.5 Å². The Balaban J connectivity index is 1.57. The number of hydrogen-bond acceptors (Lipinski definition) is 7. The number of rotatable bonds is 6. The standard InChI is InChI=1S/C22H21N5O2/c1-14-10-18(28-2)19(29-3)12-17(14)25-22-23-9-8-20(27-22)26-21-11-15-6-4-5-7-16(15)13-24-21/h4-13H,1-3H3,(H2,23,24,25,26,27). The molecule has 0 amide bonds. The van der Waals surface area contributed by atoms with Gasteiger partial charge < -0.3 is 20.1 Å². The highest BCUT2D eigenvalue weighted by Gasteiger charge is 2.10. The Morgan fingerprint density at radius 3 is 2.34 bits per heavy atom. The lowest BCUT2D eigenvalue weighted by molar-refractivity contribution is 0.355. The molecule has 0 atom stereocenters. The number of aromatic nitrogens is 3. The fraction of sp³-hybridized carbons (Fsp3) is 0.136. The molecule has 0 fully saturated rings. The minimum absolute atomic E-state index is 0.464. The molecule has 0 bridgehead atoms. The minimum atomic E-state index is 0.464. The summed E-state index contributed by atoms with van der Waals surface area (Å²) < 4.78 is 10.7. The van der Waals surface area contributed by atoms with Gasteiger partial charge in [-0.05, 0) is 36.1 Å². The fourth-order valence-corrected chi connectivity index (χ4v) is 3.01. The van der Waals surface area contributed by atoms with Gasteiger partial charge in [-0.25, -0.2) is 9.97 Å². The number of fused-ring (bicyclic) bond motifs is 1. The van der Waals surface area contributed by atoms with E-state index in [1.165, 1.54) is 0 Å². The topological polar surface area (TPSA) is 81.2 Å². The van der Waals surface area contributed by atoms with Crippen LogP contribution in [0, 0.1) is 6.92 Å². The van der Waals surface area contributed by atoms with Gasteiger partial charge in [-0.15, -0.1) is 0 Å². The van der Waals surface area contributed by atoms with Gasteiger partial charge in [0.2, 0.25) is 5.95 Å². The molecular weight excluding hydrogens is 366 g/mol. The number of hydrogen-bond donors (Lipinski definition) is 2. The van der Waals surface area contributed by atoms with E-state index in [-0.39, 0.29) is 0 Å². The van der Waals surface area contributed by atoms with Crippen molar-refractivity contribution in [2.75, 3.05) is 24.9 Å². The Morgan fingerprint density at radius 2 is 1.55 bits per heavy atom. The van der Waals surface area contributed by atoms with Crippen molar-refractivity contribution < 1.29 is 9.47 Å². The van der Waals surface area contributed by atoms with Gasteiger partial charge in [0.1, 0.15) is 11.6 Å². The van der Waals surface area contributed by atoms with Crippen molar-refractivity contribution in [3.63, 3.8) is 0 Å². The van der Waals surface area contributed by atoms with E-state index >= 15 is 0 Å². The molecule has 146 valence electrons. The van der Waals surface area contributed by atoms with E-state index in [1.54, 1.807) is 26.5 Å². The molecule has 2 aromatic carbocycles. The third-order valence-electron chi connectivity index (χ3n) is 4.52. The van der Waals surface area contributed by atoms with Gasteiger partial charge in [-0.2, -0.15) is 4.98 Å². The third kappa shape index (κ3) is 4.03. The van der Waals surface area contributed by atoms with Crippen LogP contribution in [0.3, 0.4) is 0 Å². The first-order valence-corrected chi connectivity index (χ1v) is 9.11. The zero-order valence-corrected chi connectivity index (χ0v) is 16.4. The van der Waals surface area contributed by atoms with Crippen LogP contribution in [0.5, 0.6) is 11.5 Å². The second kappa shape index (κ2) is 8.02. The number of anilines is 4. The van der Waals surface area contributed by atoms with Crippen LogP contribution in [0.2, 0.25) is 0 Å². The molecular formula is C22H21N5O2. The largest absolute Gasteiger partial charge is 0.493 e. The molecule has 0 saturated heterocycles. The summed E-state index contributed by atoms with van der Waals surface area (Å²) in [6.45, 7) is 1.98. The number of ether oxygens (including phenoxy) is 2. The maximum atomic E-state index is 5.38. The molecule has 0 spiro atoms. The van der Waals surface area contributed by atoms with Crippen LogP contribution in [-0.2, 0) is 0 Å². The van der Waals surface area contributed by atoms with Gasteiger partial charge in [-0.3, -0.25) is 0 Å². The molecule has 0 radical (unpaired) electrons. The van der Waals surface area contributed by atoms with Crippen LogP contribution in [-0.4, -0.2) is 29.2 Å². The summed E-state index contributed by atoms with van der Waals surface area (Å²) in [5.41, 5.74) is 1.82. The normalized spacial score (nSPS) is 10.6. The van der Waals surface area contributed by atoms with Crippen LogP contribution < -0.4 is 20.1 Å². The number of pyridine rings is 1. The van der Waals surface area contributed by atoms with E-state index < -0.39 is 0 Å². The second-order valence-corrected chi connectivity index (χ2v) is 6.45. The number of aryl methyl sites for hydroxylation is 1. The molecule has 2 N–H and O–H groups in total. The van der Waals surface area contributed by atoms with E-state index in [4.69, 9.17) is 9.47 Å². The van der Waals surface area contributed by atoms with Gasteiger partial charge in [-0.1, -0.05) is 24.3 Å². The molecule has 0 saturated carbocycles. The van der Waals surface area contributed by atoms with Gasteiger partial charge in [0.15, 0.2) is 11.5 Å². The van der Waals surface area contributed by atoms with Gasteiger partial charge in [0.05, 0.1) is 14.2 Å². The maximum Gasteiger partial charge on any atom is 0.229 e. The molecule has 4 rings (SSSR count). The van der Waals surface area contributed by atoms with Crippen LogP contribution in [0.4, 0.5) is 23.3 Å². The Bertz CT molecular complexity index is 1160. The predicted molar refractivity (Wildman–Crippen MR) is 115 cm³/mol. The average molecular weight is 387 g/mol. The molecule has 7 nitrogen and oxygen atoms in total. The Kier molecular flexibility index (Phi) is 5.11. The van der Waals surface area contributed by atoms with E-state index in [0.717, 1.165) is 27.8 Å². The number of nitrogens with zero attached hydrogens (tertiary/aromatic N) is 3. The highest BCUT2D eigenvalue weighted by Crippen LogP contribution is 2.34. The molecule has 0 aliphatic heterocycles. The van der Waals surface area contributed by atoms with Crippen molar-refractivity contribution in [1.82, 2.24) is 15.0 Å². The first-order valence-electron chi connectivity index (χ1n) is 9.11. The number of benzene rings is 2. The Labute approximate surface area is 168 Å². The van der Waals surface area contributed by atoms with Crippen LogP contribution in [0.25, 0.3) is 10.8 Å². The SMILES string of the molecule is COc1cc(C)c(Nc2nccc(Nc3cc4ccccc4cn3)n2)cc1OC. The van der Waals surface area contributed by atoms with Crippen LogP contribution >= 0.6 is 0 Å². The first-order chi connectivity index (χ1) is 14.2. The quantitative estimate of drug-likeness (QED) is 0.490. The second-order valence-electron chi connectivity index (χ2n) is 6.45. The number of nitrogens with one attached hydrogen (secondary N) is 2. The summed E-state index contributed by atoms with van der Waals surface area (Å²) in [4.78, 5) is 13.3. The van der Waals surface area contributed by atoms with Crippen LogP contribution in [0.15, 0.2) is 60.9 Å². The maximum absolute atomic E-state index is 5.38. The molecule has 0 unspecified atom stereocenters. The highest BCUT2D eigenvalue weighted by atomic mass is 16.5. The van der Waals surface area contributed by atoms with E-state index in [0.29, 0.717) is 23.3 Å². The van der Waals surface area contributed by atoms with Gasteiger partial charge in [0, 0.05) is 29.5 Å². The third-order valence-corrected chi connectivity index (χ3v) is 4.52. The monoisotopic (exact) mass is 387 g/mol. The summed E-state index contributed by atoms with van der Waals surface area (Å²) >= 11 is 0. The Morgan fingerprint density at radius 1 is 0.793 bits per heavy atom. The summed E-state index contributed by atoms with van der Waals surface area (Å²) in [5.74, 6) is 3.13. The van der Waals surface area contributed by atoms with Crippen molar-refractivity contribution in [2.24, 2.45) is 0 Å². The molecule has 0 aliphatic rings. The molecule has 4 aromatic rings. The fourth-order valence-electron chi connectivity index (χ4n) is 3.01. The lowest BCUT2D eigenvalue weighted by Gasteiger charge is -2.14. The number of methoxy groups -OCH3 is 2. The van der Waals surface area contributed by atoms with Crippen molar-refractivity contribution in [3.05, 3.63) is 66.5 Å². The van der Waals surface area contributed by atoms with Gasteiger partial charge in [0.25, 0.3) is 0 Å². The molecule has 7 heteroatoms. The summed E-state index contributed by atoms with van der Waals surface area (Å²) in [5, 5.41) is 8.67.